The first-order chi connectivity index (χ1) is 10.0. The van der Waals surface area contributed by atoms with Gasteiger partial charge in [0.2, 0.25) is 0 Å². The first kappa shape index (κ1) is 16.4. The summed E-state index contributed by atoms with van der Waals surface area (Å²) < 4.78 is 9.22. The topological polar surface area (TPSA) is 81.7 Å². The van der Waals surface area contributed by atoms with Crippen molar-refractivity contribution in [3.05, 3.63) is 48.0 Å². The molecule has 112 valence electrons. The van der Waals surface area contributed by atoms with Crippen molar-refractivity contribution in [2.24, 2.45) is 0 Å². The highest BCUT2D eigenvalue weighted by atomic mass is 16.5. The van der Waals surface area contributed by atoms with E-state index in [2.05, 4.69) is 10.1 Å². The normalized spacial score (nSPS) is 11.7. The maximum absolute atomic E-state index is 11.8. The van der Waals surface area contributed by atoms with Crippen LogP contribution < -0.4 is 5.32 Å². The van der Waals surface area contributed by atoms with Gasteiger partial charge in [0, 0.05) is 17.7 Å². The highest BCUT2D eigenvalue weighted by molar-refractivity contribution is 5.94. The molecule has 0 aliphatic rings. The molecular formula is C15H17NO5. The molecule has 0 spiro atoms. The van der Waals surface area contributed by atoms with E-state index >= 15 is 0 Å². The van der Waals surface area contributed by atoms with Crippen LogP contribution in [0.3, 0.4) is 0 Å². The maximum atomic E-state index is 11.8. The summed E-state index contributed by atoms with van der Waals surface area (Å²) in [4.78, 5) is 33.9. The van der Waals surface area contributed by atoms with E-state index < -0.39 is 11.9 Å². The molecule has 1 aromatic rings. The van der Waals surface area contributed by atoms with Gasteiger partial charge in [-0.1, -0.05) is 18.2 Å². The lowest BCUT2D eigenvalue weighted by Crippen LogP contribution is -2.36. The van der Waals surface area contributed by atoms with Gasteiger partial charge in [0.25, 0.3) is 5.91 Å². The number of nitrogens with one attached hydrogen (secondary N) is 1. The number of benzene rings is 1. The van der Waals surface area contributed by atoms with Crippen molar-refractivity contribution in [1.29, 1.82) is 0 Å². The van der Waals surface area contributed by atoms with Crippen LogP contribution >= 0.6 is 0 Å². The SMILES string of the molecule is COC(=O)/C=C/C(=O)OCC(C)NC(=O)c1ccccc1. The van der Waals surface area contributed by atoms with E-state index in [4.69, 9.17) is 4.74 Å². The van der Waals surface area contributed by atoms with Crippen molar-refractivity contribution in [3.63, 3.8) is 0 Å². The van der Waals surface area contributed by atoms with E-state index in [1.54, 1.807) is 31.2 Å². The van der Waals surface area contributed by atoms with E-state index in [1.807, 2.05) is 6.07 Å². The van der Waals surface area contributed by atoms with E-state index in [9.17, 15) is 14.4 Å². The maximum Gasteiger partial charge on any atom is 0.331 e. The number of ether oxygens (including phenoxy) is 2. The average molecular weight is 291 g/mol. The predicted octanol–water partition coefficient (Wildman–Crippen LogP) is 1.08. The smallest absolute Gasteiger partial charge is 0.331 e. The third-order valence-corrected chi connectivity index (χ3v) is 2.45. The number of hydrogen-bond donors (Lipinski definition) is 1. The molecule has 1 amide bonds. The molecular weight excluding hydrogens is 274 g/mol. The van der Waals surface area contributed by atoms with Gasteiger partial charge in [-0.25, -0.2) is 9.59 Å². The standard InChI is InChI=1S/C15H17NO5/c1-11(10-21-14(18)9-8-13(17)20-2)16-15(19)12-6-4-3-5-7-12/h3-9,11H,10H2,1-2H3,(H,16,19)/b9-8+. The fourth-order valence-corrected chi connectivity index (χ4v) is 1.40. The van der Waals surface area contributed by atoms with E-state index in [0.717, 1.165) is 12.2 Å². The Bertz CT molecular complexity index is 524. The van der Waals surface area contributed by atoms with Crippen LogP contribution in [0.1, 0.15) is 17.3 Å². The fourth-order valence-electron chi connectivity index (χ4n) is 1.40. The van der Waals surface area contributed by atoms with Gasteiger partial charge < -0.3 is 14.8 Å². The third-order valence-electron chi connectivity index (χ3n) is 2.45. The number of amides is 1. The van der Waals surface area contributed by atoms with Crippen LogP contribution in [-0.4, -0.2) is 37.6 Å². The van der Waals surface area contributed by atoms with E-state index in [0.29, 0.717) is 5.56 Å². The van der Waals surface area contributed by atoms with Crippen molar-refractivity contribution in [2.45, 2.75) is 13.0 Å². The van der Waals surface area contributed by atoms with Crippen LogP contribution in [0.25, 0.3) is 0 Å². The zero-order chi connectivity index (χ0) is 15.7. The minimum absolute atomic E-state index is 0.00290. The molecule has 1 aromatic carbocycles. The highest BCUT2D eigenvalue weighted by Gasteiger charge is 2.10. The summed E-state index contributed by atoms with van der Waals surface area (Å²) in [5, 5.41) is 2.70. The second-order valence-corrected chi connectivity index (χ2v) is 4.23. The van der Waals surface area contributed by atoms with Crippen molar-refractivity contribution in [3.8, 4) is 0 Å². The molecule has 1 atom stereocenters. The van der Waals surface area contributed by atoms with E-state index in [1.165, 1.54) is 7.11 Å². The quantitative estimate of drug-likeness (QED) is 0.626. The molecule has 6 nitrogen and oxygen atoms in total. The molecule has 0 aromatic heterocycles. The highest BCUT2D eigenvalue weighted by Crippen LogP contribution is 1.99. The molecule has 1 unspecified atom stereocenters. The fraction of sp³-hybridized carbons (Fsp3) is 0.267. The number of methoxy groups -OCH3 is 1. The van der Waals surface area contributed by atoms with Crippen molar-refractivity contribution < 1.29 is 23.9 Å². The minimum Gasteiger partial charge on any atom is -0.466 e. The zero-order valence-electron chi connectivity index (χ0n) is 11.9. The third kappa shape index (κ3) is 6.38. The van der Waals surface area contributed by atoms with Crippen LogP contribution in [0.4, 0.5) is 0 Å². The average Bonchev–Trinajstić information content (AvgIpc) is 2.51. The van der Waals surface area contributed by atoms with Crippen molar-refractivity contribution in [2.75, 3.05) is 13.7 Å². The van der Waals surface area contributed by atoms with Crippen LogP contribution in [0.2, 0.25) is 0 Å². The zero-order valence-corrected chi connectivity index (χ0v) is 11.9. The number of carbonyl (C=O) groups excluding carboxylic acids is 3. The van der Waals surface area contributed by atoms with Gasteiger partial charge in [-0.3, -0.25) is 4.79 Å². The lowest BCUT2D eigenvalue weighted by Gasteiger charge is -2.13. The Morgan fingerprint density at radius 3 is 2.38 bits per heavy atom. The summed E-state index contributed by atoms with van der Waals surface area (Å²) in [5.41, 5.74) is 0.529. The van der Waals surface area contributed by atoms with Crippen molar-refractivity contribution in [1.82, 2.24) is 5.32 Å². The van der Waals surface area contributed by atoms with Crippen LogP contribution in [0, 0.1) is 0 Å². The van der Waals surface area contributed by atoms with Crippen molar-refractivity contribution >= 4 is 17.8 Å². The molecule has 0 bridgehead atoms. The lowest BCUT2D eigenvalue weighted by molar-refractivity contribution is -0.139. The number of esters is 2. The summed E-state index contributed by atoms with van der Waals surface area (Å²) in [7, 11) is 1.21. The minimum atomic E-state index is -0.679. The molecule has 1 rings (SSSR count). The number of hydrogen-bond acceptors (Lipinski definition) is 5. The molecule has 0 radical (unpaired) electrons. The van der Waals surface area contributed by atoms with Gasteiger partial charge in [-0.2, -0.15) is 0 Å². The Labute approximate surface area is 122 Å². The Balaban J connectivity index is 2.36. The molecule has 0 saturated heterocycles. The van der Waals surface area contributed by atoms with Crippen LogP contribution in [-0.2, 0) is 19.1 Å². The largest absolute Gasteiger partial charge is 0.466 e. The van der Waals surface area contributed by atoms with Crippen LogP contribution in [0.15, 0.2) is 42.5 Å². The van der Waals surface area contributed by atoms with E-state index in [-0.39, 0.29) is 18.6 Å². The predicted molar refractivity (Wildman–Crippen MR) is 75.5 cm³/mol. The lowest BCUT2D eigenvalue weighted by atomic mass is 10.2. The summed E-state index contributed by atoms with van der Waals surface area (Å²) in [6.45, 7) is 1.71. The van der Waals surface area contributed by atoms with Gasteiger partial charge in [0.1, 0.15) is 6.61 Å². The number of rotatable bonds is 6. The van der Waals surface area contributed by atoms with Gasteiger partial charge in [0.15, 0.2) is 0 Å². The Morgan fingerprint density at radius 2 is 1.76 bits per heavy atom. The molecule has 6 heteroatoms. The second-order valence-electron chi connectivity index (χ2n) is 4.23. The molecule has 1 N–H and O–H groups in total. The van der Waals surface area contributed by atoms with Gasteiger partial charge in [-0.15, -0.1) is 0 Å². The second kappa shape index (κ2) is 8.52. The molecule has 0 saturated carbocycles. The summed E-state index contributed by atoms with van der Waals surface area (Å²) in [5.74, 6) is -1.57. The molecule has 0 aliphatic carbocycles. The van der Waals surface area contributed by atoms with Gasteiger partial charge >= 0.3 is 11.9 Å². The molecule has 0 aliphatic heterocycles. The van der Waals surface area contributed by atoms with Crippen LogP contribution in [0.5, 0.6) is 0 Å². The molecule has 0 fully saturated rings. The summed E-state index contributed by atoms with van der Waals surface area (Å²) in [6, 6.07) is 8.36. The molecule has 21 heavy (non-hydrogen) atoms. The Hall–Kier alpha value is -2.63. The van der Waals surface area contributed by atoms with Gasteiger partial charge in [-0.05, 0) is 19.1 Å². The first-order valence-electron chi connectivity index (χ1n) is 6.31. The summed E-state index contributed by atoms with van der Waals surface area (Å²) >= 11 is 0. The first-order valence-corrected chi connectivity index (χ1v) is 6.31. The summed E-state index contributed by atoms with van der Waals surface area (Å²) in [6.07, 6.45) is 1.94. The van der Waals surface area contributed by atoms with Gasteiger partial charge in [0.05, 0.1) is 13.2 Å². The Kier molecular flexibility index (Phi) is 6.67. The number of carbonyl (C=O) groups is 3. The molecule has 0 heterocycles. The Morgan fingerprint density at radius 1 is 1.14 bits per heavy atom. The monoisotopic (exact) mass is 291 g/mol.